The lowest BCUT2D eigenvalue weighted by Gasteiger charge is -2.40. The Morgan fingerprint density at radius 3 is 2.71 bits per heavy atom. The quantitative estimate of drug-likeness (QED) is 0.833. The summed E-state index contributed by atoms with van der Waals surface area (Å²) in [7, 11) is 0. The number of aryl methyl sites for hydroxylation is 1. The lowest BCUT2D eigenvalue weighted by Crippen LogP contribution is -2.52. The van der Waals surface area contributed by atoms with Crippen molar-refractivity contribution in [3.8, 4) is 0 Å². The molecule has 4 rings (SSSR count). The highest BCUT2D eigenvalue weighted by atomic mass is 16.5. The number of amides is 2. The number of piperidine rings is 1. The maximum atomic E-state index is 12.6. The Hall–Kier alpha value is -1.92. The van der Waals surface area contributed by atoms with Gasteiger partial charge in [-0.3, -0.25) is 9.59 Å². The van der Waals surface area contributed by atoms with Gasteiger partial charge in [0.15, 0.2) is 0 Å². The third kappa shape index (κ3) is 4.39. The molecule has 1 spiro atoms. The van der Waals surface area contributed by atoms with E-state index in [1.807, 2.05) is 11.0 Å². The van der Waals surface area contributed by atoms with Crippen LogP contribution in [-0.4, -0.2) is 73.6 Å². The highest BCUT2D eigenvalue weighted by Crippen LogP contribution is 2.41. The van der Waals surface area contributed by atoms with Gasteiger partial charge in [-0.05, 0) is 31.2 Å². The van der Waals surface area contributed by atoms with Crippen LogP contribution in [0.25, 0.3) is 0 Å². The summed E-state index contributed by atoms with van der Waals surface area (Å²) in [5.74, 6) is 0.388. The summed E-state index contributed by atoms with van der Waals surface area (Å²) in [6.07, 6.45) is 4.14. The van der Waals surface area contributed by atoms with Crippen molar-refractivity contribution in [3.05, 3.63) is 35.9 Å². The van der Waals surface area contributed by atoms with Crippen molar-refractivity contribution in [2.24, 2.45) is 5.41 Å². The smallest absolute Gasteiger partial charge is 0.253 e. The molecule has 152 valence electrons. The van der Waals surface area contributed by atoms with Crippen LogP contribution < -0.4 is 5.32 Å². The molecule has 6 nitrogen and oxygen atoms in total. The van der Waals surface area contributed by atoms with Gasteiger partial charge in [-0.15, -0.1) is 0 Å². The Labute approximate surface area is 167 Å². The highest BCUT2D eigenvalue weighted by Gasteiger charge is 2.45. The van der Waals surface area contributed by atoms with Gasteiger partial charge in [0.05, 0.1) is 6.61 Å². The van der Waals surface area contributed by atoms with Crippen LogP contribution in [-0.2, 0) is 20.7 Å². The molecule has 6 heteroatoms. The van der Waals surface area contributed by atoms with Crippen LogP contribution in [0.1, 0.15) is 31.2 Å². The van der Waals surface area contributed by atoms with Crippen LogP contribution in [0.2, 0.25) is 0 Å². The number of nitrogens with zero attached hydrogens (tertiary/aromatic N) is 2. The van der Waals surface area contributed by atoms with Gasteiger partial charge in [0.25, 0.3) is 5.91 Å². The van der Waals surface area contributed by atoms with E-state index < -0.39 is 0 Å². The second-order valence-electron chi connectivity index (χ2n) is 8.47. The van der Waals surface area contributed by atoms with E-state index in [4.69, 9.17) is 4.74 Å². The number of nitrogens with one attached hydrogen (secondary N) is 1. The van der Waals surface area contributed by atoms with Crippen LogP contribution >= 0.6 is 0 Å². The zero-order valence-corrected chi connectivity index (χ0v) is 16.6. The molecule has 0 aliphatic carbocycles. The van der Waals surface area contributed by atoms with Gasteiger partial charge >= 0.3 is 0 Å². The molecule has 28 heavy (non-hydrogen) atoms. The molecule has 2 amide bonds. The Morgan fingerprint density at radius 2 is 2.00 bits per heavy atom. The Balaban J connectivity index is 1.25. The minimum Gasteiger partial charge on any atom is -0.366 e. The fourth-order valence-corrected chi connectivity index (χ4v) is 4.77. The second kappa shape index (κ2) is 8.62. The number of benzene rings is 1. The molecule has 0 radical (unpaired) electrons. The maximum Gasteiger partial charge on any atom is 0.253 e. The summed E-state index contributed by atoms with van der Waals surface area (Å²) in [4.78, 5) is 29.2. The zero-order valence-electron chi connectivity index (χ0n) is 16.6. The summed E-state index contributed by atoms with van der Waals surface area (Å²) in [6.45, 7) is 5.18. The lowest BCUT2D eigenvalue weighted by molar-refractivity contribution is -0.147. The molecular weight excluding hydrogens is 354 g/mol. The summed E-state index contributed by atoms with van der Waals surface area (Å²) >= 11 is 0. The minimum absolute atomic E-state index is 0.0618. The molecule has 1 atom stereocenters. The van der Waals surface area contributed by atoms with Crippen molar-refractivity contribution in [2.45, 2.75) is 38.2 Å². The van der Waals surface area contributed by atoms with Crippen molar-refractivity contribution < 1.29 is 14.3 Å². The van der Waals surface area contributed by atoms with Crippen LogP contribution in [0.4, 0.5) is 0 Å². The van der Waals surface area contributed by atoms with Gasteiger partial charge in [-0.1, -0.05) is 30.3 Å². The maximum absolute atomic E-state index is 12.6. The number of carbonyl (C=O) groups excluding carboxylic acids is 2. The number of ether oxygens (including phenoxy) is 1. The average Bonchev–Trinajstić information content (AvgIpc) is 3.04. The highest BCUT2D eigenvalue weighted by molar-refractivity contribution is 5.82. The molecule has 0 aromatic heterocycles. The second-order valence-corrected chi connectivity index (χ2v) is 8.47. The van der Waals surface area contributed by atoms with Crippen LogP contribution in [0.3, 0.4) is 0 Å². The Kier molecular flexibility index (Phi) is 5.97. The van der Waals surface area contributed by atoms with Gasteiger partial charge in [-0.2, -0.15) is 0 Å². The van der Waals surface area contributed by atoms with Crippen LogP contribution in [0, 0.1) is 5.41 Å². The van der Waals surface area contributed by atoms with Crippen molar-refractivity contribution in [1.82, 2.24) is 15.1 Å². The van der Waals surface area contributed by atoms with E-state index in [9.17, 15) is 9.59 Å². The molecule has 3 saturated heterocycles. The van der Waals surface area contributed by atoms with Crippen LogP contribution in [0.5, 0.6) is 0 Å². The third-order valence-corrected chi connectivity index (χ3v) is 6.48. The number of likely N-dealkylation sites (tertiary alicyclic amines) is 2. The first-order chi connectivity index (χ1) is 13.7. The van der Waals surface area contributed by atoms with E-state index in [2.05, 4.69) is 34.5 Å². The van der Waals surface area contributed by atoms with Crippen molar-refractivity contribution in [1.29, 1.82) is 0 Å². The summed E-state index contributed by atoms with van der Waals surface area (Å²) < 4.78 is 5.61. The van der Waals surface area contributed by atoms with Crippen molar-refractivity contribution in [3.63, 3.8) is 0 Å². The normalized spacial score (nSPS) is 24.7. The molecule has 3 fully saturated rings. The molecular formula is C22H31N3O3. The zero-order chi connectivity index (χ0) is 19.4. The Bertz CT molecular complexity index is 680. The van der Waals surface area contributed by atoms with E-state index in [1.54, 1.807) is 0 Å². The number of rotatable bonds is 5. The topological polar surface area (TPSA) is 61.9 Å². The monoisotopic (exact) mass is 385 g/mol. The standard InChI is InChI=1S/C22H31N3O3/c26-20-15-22(17-25(20)11-4-7-18-5-2-1-3-6-18)8-12-24(13-9-22)21(27)19-16-23-10-14-28-19/h1-3,5-6,19,23H,4,7-17H2/t19-/m0/s1. The number of hydrogen-bond acceptors (Lipinski definition) is 4. The van der Waals surface area contributed by atoms with Gasteiger partial charge in [-0.25, -0.2) is 0 Å². The molecule has 1 N–H and O–H groups in total. The molecule has 1 aromatic rings. The molecule has 3 aliphatic rings. The van der Waals surface area contributed by atoms with Crippen molar-refractivity contribution in [2.75, 3.05) is 45.9 Å². The predicted molar refractivity (Wildman–Crippen MR) is 107 cm³/mol. The van der Waals surface area contributed by atoms with Crippen molar-refractivity contribution >= 4 is 11.8 Å². The number of morpholine rings is 1. The summed E-state index contributed by atoms with van der Waals surface area (Å²) in [5, 5.41) is 3.22. The van der Waals surface area contributed by atoms with Gasteiger partial charge < -0.3 is 19.9 Å². The van der Waals surface area contributed by atoms with E-state index >= 15 is 0 Å². The molecule has 3 aliphatic heterocycles. The van der Waals surface area contributed by atoms with E-state index in [-0.39, 0.29) is 23.3 Å². The van der Waals surface area contributed by atoms with Gasteiger partial charge in [0.2, 0.25) is 5.91 Å². The van der Waals surface area contributed by atoms with Crippen LogP contribution in [0.15, 0.2) is 30.3 Å². The largest absolute Gasteiger partial charge is 0.366 e. The fourth-order valence-electron chi connectivity index (χ4n) is 4.77. The SMILES string of the molecule is O=C1CC2(CCN(C(=O)[C@@H]3CNCCO3)CC2)CN1CCCc1ccccc1. The average molecular weight is 386 g/mol. The minimum atomic E-state index is -0.345. The fraction of sp³-hybridized carbons (Fsp3) is 0.636. The number of hydrogen-bond donors (Lipinski definition) is 1. The lowest BCUT2D eigenvalue weighted by atomic mass is 9.77. The summed E-state index contributed by atoms with van der Waals surface area (Å²) in [6, 6.07) is 10.5. The third-order valence-electron chi connectivity index (χ3n) is 6.48. The molecule has 1 aromatic carbocycles. The van der Waals surface area contributed by atoms with E-state index in [1.165, 1.54) is 5.56 Å². The molecule has 0 unspecified atom stereocenters. The first kappa shape index (κ1) is 19.4. The van der Waals surface area contributed by atoms with E-state index in [0.29, 0.717) is 19.6 Å². The van der Waals surface area contributed by atoms with Gasteiger partial charge in [0.1, 0.15) is 6.10 Å². The molecule has 3 heterocycles. The first-order valence-electron chi connectivity index (χ1n) is 10.6. The first-order valence-corrected chi connectivity index (χ1v) is 10.6. The molecule has 0 saturated carbocycles. The predicted octanol–water partition coefficient (Wildman–Crippen LogP) is 1.45. The van der Waals surface area contributed by atoms with E-state index in [0.717, 1.165) is 58.4 Å². The van der Waals surface area contributed by atoms with Gasteiger partial charge in [0, 0.05) is 51.1 Å². The summed E-state index contributed by atoms with van der Waals surface area (Å²) in [5.41, 5.74) is 1.39. The Morgan fingerprint density at radius 1 is 1.21 bits per heavy atom. The number of carbonyl (C=O) groups is 2. The molecule has 0 bridgehead atoms.